The van der Waals surface area contributed by atoms with E-state index in [1.54, 1.807) is 4.31 Å². The number of rotatable bonds is 5. The van der Waals surface area contributed by atoms with Crippen molar-refractivity contribution in [3.8, 4) is 0 Å². The molecule has 1 aliphatic heterocycles. The normalized spacial score (nSPS) is 28.2. The summed E-state index contributed by atoms with van der Waals surface area (Å²) >= 11 is 3.57. The highest BCUT2D eigenvalue weighted by molar-refractivity contribution is 9.09. The van der Waals surface area contributed by atoms with Gasteiger partial charge in [-0.2, -0.15) is 0 Å². The molecule has 0 aromatic rings. The van der Waals surface area contributed by atoms with Gasteiger partial charge in [-0.15, -0.1) is 0 Å². The SMILES string of the molecule is CCOCCS(=O)(=O)N1CCC(Br)C(C)C1. The summed E-state index contributed by atoms with van der Waals surface area (Å²) in [7, 11) is -3.12. The first-order valence-electron chi connectivity index (χ1n) is 5.67. The van der Waals surface area contributed by atoms with Gasteiger partial charge in [0.1, 0.15) is 0 Å². The van der Waals surface area contributed by atoms with Crippen LogP contribution in [-0.2, 0) is 14.8 Å². The molecule has 1 heterocycles. The van der Waals surface area contributed by atoms with Crippen LogP contribution in [0.25, 0.3) is 0 Å². The zero-order valence-electron chi connectivity index (χ0n) is 9.86. The van der Waals surface area contributed by atoms with E-state index in [2.05, 4.69) is 22.9 Å². The maximum atomic E-state index is 11.9. The van der Waals surface area contributed by atoms with Crippen LogP contribution in [-0.4, -0.2) is 49.6 Å². The fourth-order valence-corrected chi connectivity index (χ4v) is 3.57. The minimum absolute atomic E-state index is 0.0977. The van der Waals surface area contributed by atoms with Gasteiger partial charge in [0.2, 0.25) is 10.0 Å². The summed E-state index contributed by atoms with van der Waals surface area (Å²) < 4.78 is 30.6. The second-order valence-electron chi connectivity index (χ2n) is 4.15. The number of halogens is 1. The number of alkyl halides is 1. The minimum atomic E-state index is -3.12. The Morgan fingerprint density at radius 3 is 2.75 bits per heavy atom. The van der Waals surface area contributed by atoms with Crippen molar-refractivity contribution >= 4 is 26.0 Å². The third kappa shape index (κ3) is 3.98. The smallest absolute Gasteiger partial charge is 0.216 e. The molecule has 0 amide bonds. The second kappa shape index (κ2) is 6.33. The fourth-order valence-electron chi connectivity index (χ4n) is 1.77. The van der Waals surface area contributed by atoms with Crippen LogP contribution in [0.15, 0.2) is 0 Å². The number of piperidine rings is 1. The van der Waals surface area contributed by atoms with E-state index in [9.17, 15) is 8.42 Å². The molecule has 96 valence electrons. The van der Waals surface area contributed by atoms with E-state index in [-0.39, 0.29) is 5.75 Å². The highest BCUT2D eigenvalue weighted by Gasteiger charge is 2.30. The molecule has 4 nitrogen and oxygen atoms in total. The first-order chi connectivity index (χ1) is 7.47. The van der Waals surface area contributed by atoms with Gasteiger partial charge in [0.15, 0.2) is 0 Å². The van der Waals surface area contributed by atoms with E-state index in [4.69, 9.17) is 4.74 Å². The highest BCUT2D eigenvalue weighted by Crippen LogP contribution is 2.25. The maximum Gasteiger partial charge on any atom is 0.216 e. The monoisotopic (exact) mass is 313 g/mol. The van der Waals surface area contributed by atoms with Crippen LogP contribution < -0.4 is 0 Å². The number of hydrogen-bond donors (Lipinski definition) is 0. The minimum Gasteiger partial charge on any atom is -0.381 e. The van der Waals surface area contributed by atoms with Crippen molar-refractivity contribution in [1.82, 2.24) is 4.31 Å². The van der Waals surface area contributed by atoms with Gasteiger partial charge in [-0.1, -0.05) is 22.9 Å². The van der Waals surface area contributed by atoms with Crippen molar-refractivity contribution < 1.29 is 13.2 Å². The number of ether oxygens (including phenoxy) is 1. The van der Waals surface area contributed by atoms with Crippen molar-refractivity contribution in [2.75, 3.05) is 32.1 Å². The molecule has 0 aromatic carbocycles. The lowest BCUT2D eigenvalue weighted by atomic mass is 10.0. The summed E-state index contributed by atoms with van der Waals surface area (Å²) in [6.07, 6.45) is 0.884. The first-order valence-corrected chi connectivity index (χ1v) is 8.19. The Bertz CT molecular complexity index is 307. The van der Waals surface area contributed by atoms with E-state index in [0.717, 1.165) is 6.42 Å². The molecule has 0 saturated carbocycles. The van der Waals surface area contributed by atoms with Crippen LogP contribution in [0.4, 0.5) is 0 Å². The third-order valence-electron chi connectivity index (χ3n) is 2.85. The quantitative estimate of drug-likeness (QED) is 0.570. The van der Waals surface area contributed by atoms with Gasteiger partial charge in [-0.05, 0) is 19.3 Å². The average Bonchev–Trinajstić information content (AvgIpc) is 2.22. The Labute approximate surface area is 107 Å². The molecule has 0 spiro atoms. The Morgan fingerprint density at radius 2 is 2.19 bits per heavy atom. The Balaban J connectivity index is 2.49. The van der Waals surface area contributed by atoms with E-state index >= 15 is 0 Å². The van der Waals surface area contributed by atoms with Gasteiger partial charge in [-0.25, -0.2) is 12.7 Å². The Kier molecular flexibility index (Phi) is 5.70. The van der Waals surface area contributed by atoms with E-state index in [0.29, 0.717) is 37.0 Å². The molecule has 2 atom stereocenters. The predicted molar refractivity (Wildman–Crippen MR) is 68.3 cm³/mol. The first kappa shape index (κ1) is 14.4. The summed E-state index contributed by atoms with van der Waals surface area (Å²) in [4.78, 5) is 0.436. The molecule has 0 aromatic heterocycles. The van der Waals surface area contributed by atoms with Crippen molar-refractivity contribution in [2.24, 2.45) is 5.92 Å². The lowest BCUT2D eigenvalue weighted by molar-refractivity contribution is 0.161. The third-order valence-corrected chi connectivity index (χ3v) is 6.01. The van der Waals surface area contributed by atoms with Gasteiger partial charge in [0, 0.05) is 24.5 Å². The summed E-state index contributed by atoms with van der Waals surface area (Å²) in [6.45, 7) is 6.03. The number of hydrogen-bond acceptors (Lipinski definition) is 3. The zero-order chi connectivity index (χ0) is 12.2. The van der Waals surface area contributed by atoms with Crippen LogP contribution in [0.2, 0.25) is 0 Å². The van der Waals surface area contributed by atoms with Crippen LogP contribution >= 0.6 is 15.9 Å². The molecule has 2 unspecified atom stereocenters. The molecular formula is C10H20BrNO3S. The molecule has 16 heavy (non-hydrogen) atoms. The summed E-state index contributed by atoms with van der Waals surface area (Å²) in [5.41, 5.74) is 0. The lowest BCUT2D eigenvalue weighted by Gasteiger charge is -2.33. The van der Waals surface area contributed by atoms with Crippen molar-refractivity contribution in [2.45, 2.75) is 25.1 Å². The Hall–Kier alpha value is 0.350. The van der Waals surface area contributed by atoms with Gasteiger partial charge in [0.25, 0.3) is 0 Å². The van der Waals surface area contributed by atoms with Crippen molar-refractivity contribution in [3.63, 3.8) is 0 Å². The molecule has 0 bridgehead atoms. The van der Waals surface area contributed by atoms with E-state index in [1.807, 2.05) is 6.92 Å². The van der Waals surface area contributed by atoms with Gasteiger partial charge in [0.05, 0.1) is 12.4 Å². The lowest BCUT2D eigenvalue weighted by Crippen LogP contribution is -2.44. The summed E-state index contributed by atoms with van der Waals surface area (Å²) in [5, 5.41) is 0. The van der Waals surface area contributed by atoms with Gasteiger partial charge >= 0.3 is 0 Å². The maximum absolute atomic E-state index is 11.9. The predicted octanol–water partition coefficient (Wildman–Crippen LogP) is 1.46. The largest absolute Gasteiger partial charge is 0.381 e. The van der Waals surface area contributed by atoms with Crippen LogP contribution in [0.3, 0.4) is 0 Å². The van der Waals surface area contributed by atoms with Gasteiger partial charge in [-0.3, -0.25) is 0 Å². The van der Waals surface area contributed by atoms with E-state index in [1.165, 1.54) is 0 Å². The number of sulfonamides is 1. The molecule has 1 aliphatic rings. The summed E-state index contributed by atoms with van der Waals surface area (Å²) in [6, 6.07) is 0. The molecule has 0 radical (unpaired) electrons. The molecule has 6 heteroatoms. The molecule has 1 saturated heterocycles. The van der Waals surface area contributed by atoms with Crippen molar-refractivity contribution in [3.05, 3.63) is 0 Å². The zero-order valence-corrected chi connectivity index (χ0v) is 12.3. The average molecular weight is 314 g/mol. The molecule has 1 fully saturated rings. The summed E-state index contributed by atoms with van der Waals surface area (Å²) in [5.74, 6) is 0.469. The van der Waals surface area contributed by atoms with Crippen LogP contribution in [0.1, 0.15) is 20.3 Å². The van der Waals surface area contributed by atoms with Crippen LogP contribution in [0, 0.1) is 5.92 Å². The van der Waals surface area contributed by atoms with Crippen molar-refractivity contribution in [1.29, 1.82) is 0 Å². The Morgan fingerprint density at radius 1 is 1.50 bits per heavy atom. The van der Waals surface area contributed by atoms with Crippen LogP contribution in [0.5, 0.6) is 0 Å². The molecular weight excluding hydrogens is 294 g/mol. The second-order valence-corrected chi connectivity index (χ2v) is 7.42. The fraction of sp³-hybridized carbons (Fsp3) is 1.00. The number of nitrogens with zero attached hydrogens (tertiary/aromatic N) is 1. The van der Waals surface area contributed by atoms with Gasteiger partial charge < -0.3 is 4.74 Å². The molecule has 0 aliphatic carbocycles. The topological polar surface area (TPSA) is 46.6 Å². The molecule has 1 rings (SSSR count). The highest BCUT2D eigenvalue weighted by atomic mass is 79.9. The van der Waals surface area contributed by atoms with E-state index < -0.39 is 10.0 Å². The molecule has 0 N–H and O–H groups in total. The standard InChI is InChI=1S/C10H20BrNO3S/c1-3-15-6-7-16(13,14)12-5-4-10(11)9(2)8-12/h9-10H,3-8H2,1-2H3.